The summed E-state index contributed by atoms with van der Waals surface area (Å²) in [5.41, 5.74) is 2.10. The number of hydrogen-bond donors (Lipinski definition) is 1. The van der Waals surface area contributed by atoms with E-state index >= 15 is 0 Å². The van der Waals surface area contributed by atoms with Crippen LogP contribution < -0.4 is 5.32 Å². The molecule has 1 aliphatic rings. The number of thiophene rings is 1. The van der Waals surface area contributed by atoms with E-state index in [0.29, 0.717) is 5.13 Å². The lowest BCUT2D eigenvalue weighted by Gasteiger charge is -2.18. The molecule has 2 aromatic heterocycles. The molecular formula is C13H14N2OS2. The normalized spacial score (nSPS) is 18.4. The van der Waals surface area contributed by atoms with E-state index in [0.717, 1.165) is 24.3 Å². The highest BCUT2D eigenvalue weighted by Gasteiger charge is 2.23. The molecule has 3 rings (SSSR count). The predicted octanol–water partition coefficient (Wildman–Crippen LogP) is 3.58. The second-order valence-corrected chi connectivity index (χ2v) is 6.55. The number of anilines is 1. The maximum atomic E-state index is 12.2. The standard InChI is InChI=1S/C13H14N2OS2/c1-8-2-3-9-10(7-18-11(9)6-8)12(16)15-13-14-4-5-17-13/h4-5,7-8H,2-3,6H2,1H3,(H,14,15,16)/t8-/m0/s1. The average molecular weight is 278 g/mol. The van der Waals surface area contributed by atoms with Crippen molar-refractivity contribution in [3.05, 3.63) is 33.0 Å². The zero-order valence-corrected chi connectivity index (χ0v) is 11.7. The fourth-order valence-corrected chi connectivity index (χ4v) is 4.09. The first-order valence-electron chi connectivity index (χ1n) is 6.04. The molecular weight excluding hydrogens is 264 g/mol. The zero-order valence-electron chi connectivity index (χ0n) is 10.1. The molecule has 2 aromatic rings. The van der Waals surface area contributed by atoms with Gasteiger partial charge in [0.15, 0.2) is 5.13 Å². The minimum Gasteiger partial charge on any atom is -0.298 e. The molecule has 2 heterocycles. The Kier molecular flexibility index (Phi) is 3.18. The average Bonchev–Trinajstić information content (AvgIpc) is 2.97. The Labute approximate surface area is 114 Å². The van der Waals surface area contributed by atoms with Crippen molar-refractivity contribution in [1.29, 1.82) is 0 Å². The number of nitrogens with one attached hydrogen (secondary N) is 1. The maximum absolute atomic E-state index is 12.2. The van der Waals surface area contributed by atoms with Crippen molar-refractivity contribution >= 4 is 33.7 Å². The van der Waals surface area contributed by atoms with Crippen molar-refractivity contribution < 1.29 is 4.79 Å². The molecule has 18 heavy (non-hydrogen) atoms. The number of nitrogens with zero attached hydrogens (tertiary/aromatic N) is 1. The summed E-state index contributed by atoms with van der Waals surface area (Å²) in [6, 6.07) is 0. The van der Waals surface area contributed by atoms with Crippen LogP contribution in [0.25, 0.3) is 0 Å². The van der Waals surface area contributed by atoms with Gasteiger partial charge in [-0.15, -0.1) is 22.7 Å². The number of thiazole rings is 1. The van der Waals surface area contributed by atoms with Gasteiger partial charge in [-0.2, -0.15) is 0 Å². The lowest BCUT2D eigenvalue weighted by Crippen LogP contribution is -2.16. The number of amides is 1. The van der Waals surface area contributed by atoms with Gasteiger partial charge in [-0.25, -0.2) is 4.98 Å². The Hall–Kier alpha value is -1.20. The summed E-state index contributed by atoms with van der Waals surface area (Å²) < 4.78 is 0. The second-order valence-electron chi connectivity index (χ2n) is 4.69. The summed E-state index contributed by atoms with van der Waals surface area (Å²) in [4.78, 5) is 17.7. The van der Waals surface area contributed by atoms with E-state index in [1.165, 1.54) is 28.2 Å². The molecule has 0 unspecified atom stereocenters. The topological polar surface area (TPSA) is 42.0 Å². The highest BCUT2D eigenvalue weighted by Crippen LogP contribution is 2.33. The summed E-state index contributed by atoms with van der Waals surface area (Å²) in [6.07, 6.45) is 5.03. The Morgan fingerprint density at radius 1 is 1.50 bits per heavy atom. The molecule has 1 atom stereocenters. The van der Waals surface area contributed by atoms with Crippen LogP contribution in [-0.2, 0) is 12.8 Å². The van der Waals surface area contributed by atoms with Crippen molar-refractivity contribution in [2.75, 3.05) is 5.32 Å². The molecule has 0 bridgehead atoms. The van der Waals surface area contributed by atoms with Gasteiger partial charge in [0.25, 0.3) is 5.91 Å². The van der Waals surface area contributed by atoms with Crippen molar-refractivity contribution in [1.82, 2.24) is 4.98 Å². The maximum Gasteiger partial charge on any atom is 0.258 e. The summed E-state index contributed by atoms with van der Waals surface area (Å²) in [6.45, 7) is 2.28. The van der Waals surface area contributed by atoms with Crippen LogP contribution in [-0.4, -0.2) is 10.9 Å². The molecule has 0 aromatic carbocycles. The smallest absolute Gasteiger partial charge is 0.258 e. The van der Waals surface area contributed by atoms with E-state index in [1.54, 1.807) is 17.5 Å². The van der Waals surface area contributed by atoms with E-state index in [9.17, 15) is 4.79 Å². The minimum atomic E-state index is -0.0167. The van der Waals surface area contributed by atoms with Gasteiger partial charge in [0.1, 0.15) is 0 Å². The first kappa shape index (κ1) is 11.9. The predicted molar refractivity (Wildman–Crippen MR) is 75.6 cm³/mol. The summed E-state index contributed by atoms with van der Waals surface area (Å²) in [7, 11) is 0. The van der Waals surface area contributed by atoms with Crippen LogP contribution in [0.3, 0.4) is 0 Å². The fraction of sp³-hybridized carbons (Fsp3) is 0.385. The number of hydrogen-bond acceptors (Lipinski definition) is 4. The third-order valence-electron chi connectivity index (χ3n) is 3.30. The second kappa shape index (κ2) is 4.82. The third kappa shape index (κ3) is 2.20. The van der Waals surface area contributed by atoms with Gasteiger partial charge in [0.05, 0.1) is 5.56 Å². The molecule has 94 valence electrons. The van der Waals surface area contributed by atoms with Gasteiger partial charge < -0.3 is 0 Å². The first-order valence-corrected chi connectivity index (χ1v) is 7.80. The van der Waals surface area contributed by atoms with Crippen LogP contribution in [0.4, 0.5) is 5.13 Å². The van der Waals surface area contributed by atoms with Gasteiger partial charge in [0.2, 0.25) is 0 Å². The molecule has 0 fully saturated rings. The Bertz CT molecular complexity index is 560. The van der Waals surface area contributed by atoms with Gasteiger partial charge in [0, 0.05) is 21.8 Å². The van der Waals surface area contributed by atoms with Crippen molar-refractivity contribution in [2.24, 2.45) is 5.92 Å². The molecule has 1 amide bonds. The third-order valence-corrected chi connectivity index (χ3v) is 5.04. The van der Waals surface area contributed by atoms with Crippen LogP contribution in [0.5, 0.6) is 0 Å². The molecule has 0 saturated heterocycles. The Morgan fingerprint density at radius 2 is 2.39 bits per heavy atom. The van der Waals surface area contributed by atoms with Crippen molar-refractivity contribution in [3.63, 3.8) is 0 Å². The summed E-state index contributed by atoms with van der Waals surface area (Å²) >= 11 is 3.17. The van der Waals surface area contributed by atoms with E-state index in [4.69, 9.17) is 0 Å². The molecule has 3 nitrogen and oxygen atoms in total. The van der Waals surface area contributed by atoms with Crippen LogP contribution >= 0.6 is 22.7 Å². The first-order chi connectivity index (χ1) is 8.74. The largest absolute Gasteiger partial charge is 0.298 e. The Balaban J connectivity index is 1.82. The number of carbonyl (C=O) groups is 1. The molecule has 0 spiro atoms. The number of carbonyl (C=O) groups excluding carboxylic acids is 1. The van der Waals surface area contributed by atoms with Gasteiger partial charge in [-0.05, 0) is 30.7 Å². The van der Waals surface area contributed by atoms with Gasteiger partial charge >= 0.3 is 0 Å². The number of rotatable bonds is 2. The summed E-state index contributed by atoms with van der Waals surface area (Å²) in [5.74, 6) is 0.725. The van der Waals surface area contributed by atoms with Crippen LogP contribution in [0, 0.1) is 5.92 Å². The van der Waals surface area contributed by atoms with E-state index in [2.05, 4.69) is 17.2 Å². The molecule has 1 aliphatic carbocycles. The summed E-state index contributed by atoms with van der Waals surface area (Å²) in [5, 5.41) is 7.38. The van der Waals surface area contributed by atoms with Crippen LogP contribution in [0.2, 0.25) is 0 Å². The van der Waals surface area contributed by atoms with Crippen molar-refractivity contribution in [3.8, 4) is 0 Å². The number of fused-ring (bicyclic) bond motifs is 1. The fourth-order valence-electron chi connectivity index (χ4n) is 2.32. The molecule has 0 saturated carbocycles. The van der Waals surface area contributed by atoms with Crippen molar-refractivity contribution in [2.45, 2.75) is 26.2 Å². The highest BCUT2D eigenvalue weighted by atomic mass is 32.1. The van der Waals surface area contributed by atoms with Crippen LogP contribution in [0.15, 0.2) is 17.0 Å². The lowest BCUT2D eigenvalue weighted by atomic mass is 9.88. The van der Waals surface area contributed by atoms with Gasteiger partial charge in [-0.1, -0.05) is 6.92 Å². The monoisotopic (exact) mass is 278 g/mol. The zero-order chi connectivity index (χ0) is 12.5. The molecule has 5 heteroatoms. The SMILES string of the molecule is C[C@H]1CCc2c(C(=O)Nc3nccs3)csc2C1. The van der Waals surface area contributed by atoms with Crippen LogP contribution in [0.1, 0.15) is 34.1 Å². The quantitative estimate of drug-likeness (QED) is 0.912. The Morgan fingerprint density at radius 3 is 3.17 bits per heavy atom. The van der Waals surface area contributed by atoms with E-state index in [-0.39, 0.29) is 5.91 Å². The minimum absolute atomic E-state index is 0.0167. The van der Waals surface area contributed by atoms with E-state index in [1.807, 2.05) is 10.8 Å². The molecule has 1 N–H and O–H groups in total. The van der Waals surface area contributed by atoms with E-state index < -0.39 is 0 Å². The number of aromatic nitrogens is 1. The highest BCUT2D eigenvalue weighted by molar-refractivity contribution is 7.13. The molecule has 0 radical (unpaired) electrons. The lowest BCUT2D eigenvalue weighted by molar-refractivity contribution is 0.102. The molecule has 0 aliphatic heterocycles. The van der Waals surface area contributed by atoms with Gasteiger partial charge in [-0.3, -0.25) is 10.1 Å².